The van der Waals surface area contributed by atoms with Crippen LogP contribution in [-0.2, 0) is 39.9 Å². The van der Waals surface area contributed by atoms with E-state index >= 15 is 0 Å². The van der Waals surface area contributed by atoms with Gasteiger partial charge < -0.3 is 49.3 Å². The lowest BCUT2D eigenvalue weighted by molar-refractivity contribution is -0.302. The first kappa shape index (κ1) is 42.0. The Kier molecular flexibility index (Phi) is 16.4. The molecule has 1 aromatic rings. The summed E-state index contributed by atoms with van der Waals surface area (Å²) in [6.45, 7) is 8.66. The Bertz CT molecular complexity index is 1350. The average Bonchev–Trinajstić information content (AvgIpc) is 3.10. The number of nitrogens with one attached hydrogen (secondary N) is 1. The molecule has 4 N–H and O–H groups in total. The highest BCUT2D eigenvalue weighted by molar-refractivity contribution is 5.92. The van der Waals surface area contributed by atoms with Crippen molar-refractivity contribution in [2.75, 3.05) is 20.7 Å². The molecular formula is C38H56N2O11. The van der Waals surface area contributed by atoms with E-state index in [2.05, 4.69) is 5.32 Å². The Morgan fingerprint density at radius 2 is 1.75 bits per heavy atom. The van der Waals surface area contributed by atoms with Gasteiger partial charge in [-0.2, -0.15) is 0 Å². The lowest BCUT2D eigenvalue weighted by Gasteiger charge is -2.46. The van der Waals surface area contributed by atoms with Gasteiger partial charge in [0.05, 0.1) is 36.9 Å². The van der Waals surface area contributed by atoms with Crippen molar-refractivity contribution in [1.29, 1.82) is 0 Å². The molecule has 13 nitrogen and oxygen atoms in total. The van der Waals surface area contributed by atoms with Crippen LogP contribution in [0.4, 0.5) is 4.79 Å². The SMILES string of the molecule is CC[C@H]1OC(=O)C[C@@H](O)[C@H](C)[C@@H](O[C@@H]2O[C@H](C)[C@@H](O)[C@H](N(C)C)[C@H]2O)C(C=O)C[C@@H](C)C(=O)/C=C/C(C)=C/[C@@H]1COC(=O)NCc1ccccc1. The number of aliphatic hydroxyl groups excluding tert-OH is 3. The highest BCUT2D eigenvalue weighted by atomic mass is 16.7. The van der Waals surface area contributed by atoms with Crippen molar-refractivity contribution >= 4 is 24.1 Å². The van der Waals surface area contributed by atoms with Crippen LogP contribution in [-0.4, -0.2) is 114 Å². The molecule has 0 bridgehead atoms. The van der Waals surface area contributed by atoms with Crippen molar-refractivity contribution in [2.24, 2.45) is 23.7 Å². The van der Waals surface area contributed by atoms with Crippen molar-refractivity contribution < 1.29 is 53.4 Å². The fraction of sp³-hybridized carbons (Fsp3) is 0.632. The number of likely N-dealkylation sites (N-methyl/N-ethyl adjacent to an activating group) is 1. The largest absolute Gasteiger partial charge is 0.462 e. The van der Waals surface area contributed by atoms with E-state index in [1.165, 1.54) is 6.08 Å². The summed E-state index contributed by atoms with van der Waals surface area (Å²) in [6.07, 6.45) is -2.81. The number of aliphatic hydroxyl groups is 3. The van der Waals surface area contributed by atoms with Gasteiger partial charge in [0.25, 0.3) is 0 Å². The highest BCUT2D eigenvalue weighted by Gasteiger charge is 2.47. The number of carbonyl (C=O) groups excluding carboxylic acids is 4. The number of carbonyl (C=O) groups is 4. The number of nitrogens with zero attached hydrogens (tertiary/aromatic N) is 1. The molecule has 12 atom stereocenters. The molecule has 284 valence electrons. The highest BCUT2D eigenvalue weighted by Crippen LogP contribution is 2.32. The molecule has 2 aliphatic rings. The molecule has 2 heterocycles. The van der Waals surface area contributed by atoms with E-state index in [0.29, 0.717) is 18.3 Å². The molecule has 1 saturated heterocycles. The van der Waals surface area contributed by atoms with Gasteiger partial charge in [-0.15, -0.1) is 0 Å². The summed E-state index contributed by atoms with van der Waals surface area (Å²) >= 11 is 0. The normalized spacial score (nSPS) is 36.0. The third-order valence-corrected chi connectivity index (χ3v) is 9.74. The fourth-order valence-electron chi connectivity index (χ4n) is 6.59. The Hall–Kier alpha value is -3.46. The summed E-state index contributed by atoms with van der Waals surface area (Å²) in [6, 6.07) is 8.59. The van der Waals surface area contributed by atoms with Gasteiger partial charge in [-0.1, -0.05) is 68.8 Å². The van der Waals surface area contributed by atoms with Crippen LogP contribution in [0.2, 0.25) is 0 Å². The summed E-state index contributed by atoms with van der Waals surface area (Å²) in [5.74, 6) is -3.99. The van der Waals surface area contributed by atoms with Gasteiger partial charge in [-0.25, -0.2) is 4.79 Å². The molecule has 0 aromatic heterocycles. The molecule has 1 amide bonds. The van der Waals surface area contributed by atoms with Crippen molar-refractivity contribution in [1.82, 2.24) is 10.2 Å². The number of esters is 1. The van der Waals surface area contributed by atoms with Gasteiger partial charge in [-0.05, 0) is 52.4 Å². The van der Waals surface area contributed by atoms with Crippen molar-refractivity contribution in [3.8, 4) is 0 Å². The van der Waals surface area contributed by atoms with Gasteiger partial charge in [0.15, 0.2) is 12.1 Å². The minimum absolute atomic E-state index is 0.0478. The minimum Gasteiger partial charge on any atom is -0.462 e. The fourth-order valence-corrected chi connectivity index (χ4v) is 6.59. The average molecular weight is 717 g/mol. The summed E-state index contributed by atoms with van der Waals surface area (Å²) in [5.41, 5.74) is 1.56. The topological polar surface area (TPSA) is 181 Å². The molecular weight excluding hydrogens is 660 g/mol. The van der Waals surface area contributed by atoms with Crippen LogP contribution in [0.25, 0.3) is 0 Å². The van der Waals surface area contributed by atoms with E-state index in [4.69, 9.17) is 18.9 Å². The summed E-state index contributed by atoms with van der Waals surface area (Å²) < 4.78 is 23.5. The molecule has 51 heavy (non-hydrogen) atoms. The summed E-state index contributed by atoms with van der Waals surface area (Å²) in [7, 11) is 3.40. The van der Waals surface area contributed by atoms with Crippen LogP contribution in [0.5, 0.6) is 0 Å². The minimum atomic E-state index is -1.36. The van der Waals surface area contributed by atoms with Gasteiger partial charge >= 0.3 is 12.1 Å². The number of alkyl carbamates (subject to hydrolysis) is 1. The van der Waals surface area contributed by atoms with Crippen molar-refractivity contribution in [2.45, 2.75) is 109 Å². The molecule has 1 aromatic carbocycles. The standard InChI is InChI=1S/C38H56N2O11/c1-8-31-28(21-48-38(47)39-19-26-12-10-9-11-13-26)16-22(2)14-15-29(42)23(3)17-27(20-41)36(24(4)30(43)18-32(44)50-31)51-37-35(46)33(40(6)7)34(45)25(5)49-37/h9-16,20,23-25,27-28,30-31,33-37,43,45-46H,8,17-19,21H2,1-7H3,(H,39,47)/b15-14+,22-16+/t23-,24+,25-,27?,28-,30-,31-,33+,34-,35-,36-,37+/m1/s1. The molecule has 0 spiro atoms. The van der Waals surface area contributed by atoms with Crippen LogP contribution in [0.3, 0.4) is 0 Å². The van der Waals surface area contributed by atoms with Gasteiger partial charge in [0, 0.05) is 30.2 Å². The molecule has 13 heteroatoms. The molecule has 2 aliphatic heterocycles. The maximum atomic E-state index is 13.3. The first-order valence-corrected chi connectivity index (χ1v) is 17.7. The van der Waals surface area contributed by atoms with E-state index in [9.17, 15) is 34.5 Å². The predicted molar refractivity (Wildman–Crippen MR) is 188 cm³/mol. The second-order valence-corrected chi connectivity index (χ2v) is 14.0. The lowest BCUT2D eigenvalue weighted by atomic mass is 9.81. The maximum Gasteiger partial charge on any atom is 0.407 e. The number of allylic oxidation sites excluding steroid dienone is 3. The van der Waals surface area contributed by atoms with Crippen molar-refractivity contribution in [3.05, 3.63) is 59.7 Å². The first-order valence-electron chi connectivity index (χ1n) is 17.7. The number of ether oxygens (including phenoxy) is 4. The van der Waals surface area contributed by atoms with Crippen LogP contribution >= 0.6 is 0 Å². The monoisotopic (exact) mass is 716 g/mol. The van der Waals surface area contributed by atoms with Crippen LogP contribution in [0.15, 0.2) is 54.1 Å². The zero-order chi connectivity index (χ0) is 37.8. The third-order valence-electron chi connectivity index (χ3n) is 9.74. The summed E-state index contributed by atoms with van der Waals surface area (Å²) in [5, 5.41) is 36.0. The Morgan fingerprint density at radius 1 is 1.06 bits per heavy atom. The molecule has 0 aliphatic carbocycles. The molecule has 1 fully saturated rings. The van der Waals surface area contributed by atoms with Gasteiger partial charge in [0.1, 0.15) is 25.1 Å². The smallest absolute Gasteiger partial charge is 0.407 e. The van der Waals surface area contributed by atoms with E-state index in [1.807, 2.05) is 37.3 Å². The maximum absolute atomic E-state index is 13.3. The number of aldehydes is 1. The van der Waals surface area contributed by atoms with Crippen LogP contribution in [0, 0.1) is 23.7 Å². The van der Waals surface area contributed by atoms with E-state index in [1.54, 1.807) is 58.8 Å². The number of ketones is 1. The zero-order valence-electron chi connectivity index (χ0n) is 30.7. The first-order chi connectivity index (χ1) is 24.2. The molecule has 0 radical (unpaired) electrons. The van der Waals surface area contributed by atoms with Crippen LogP contribution in [0.1, 0.15) is 59.4 Å². The number of hydrogen-bond acceptors (Lipinski definition) is 12. The third kappa shape index (κ3) is 12.0. The Labute approximate surface area is 301 Å². The van der Waals surface area contributed by atoms with E-state index < -0.39 is 91.1 Å². The zero-order valence-corrected chi connectivity index (χ0v) is 30.7. The Balaban J connectivity index is 1.88. The quantitative estimate of drug-likeness (QED) is 0.217. The van der Waals surface area contributed by atoms with Gasteiger partial charge in [0.2, 0.25) is 0 Å². The summed E-state index contributed by atoms with van der Waals surface area (Å²) in [4.78, 5) is 53.5. The van der Waals surface area contributed by atoms with Crippen LogP contribution < -0.4 is 5.32 Å². The number of rotatable bonds is 9. The lowest BCUT2D eigenvalue weighted by Crippen LogP contribution is -2.63. The van der Waals surface area contributed by atoms with Gasteiger partial charge in [-0.3, -0.25) is 9.59 Å². The number of hydrogen-bond donors (Lipinski definition) is 4. The number of cyclic esters (lactones) is 1. The number of amides is 1. The molecule has 1 unspecified atom stereocenters. The predicted octanol–water partition coefficient (Wildman–Crippen LogP) is 2.95. The van der Waals surface area contributed by atoms with E-state index in [0.717, 1.165) is 5.56 Å². The Morgan fingerprint density at radius 3 is 2.37 bits per heavy atom. The second kappa shape index (κ2) is 20.0. The molecule has 3 rings (SSSR count). The number of benzene rings is 1. The van der Waals surface area contributed by atoms with E-state index in [-0.39, 0.29) is 25.4 Å². The second-order valence-electron chi connectivity index (χ2n) is 14.0. The van der Waals surface area contributed by atoms with Crippen molar-refractivity contribution in [3.63, 3.8) is 0 Å². The molecule has 0 saturated carbocycles.